The first-order valence-electron chi connectivity index (χ1n) is 17.2. The molecule has 1 aliphatic rings. The first-order chi connectivity index (χ1) is 24.1. The van der Waals surface area contributed by atoms with Crippen LogP contribution in [-0.2, 0) is 38.3 Å². The number of fused-ring (bicyclic) bond motifs is 2. The zero-order chi connectivity index (χ0) is 33.8. The maximum atomic E-state index is 12.3. The van der Waals surface area contributed by atoms with Crippen LogP contribution in [-0.4, -0.2) is 38.5 Å². The van der Waals surface area contributed by atoms with E-state index >= 15 is 0 Å². The van der Waals surface area contributed by atoms with Crippen molar-refractivity contribution in [2.45, 2.75) is 45.3 Å². The highest BCUT2D eigenvalue weighted by Gasteiger charge is 2.24. The van der Waals surface area contributed by atoms with Crippen LogP contribution in [0.5, 0.6) is 5.75 Å². The Morgan fingerprint density at radius 2 is 1.16 bits per heavy atom. The highest BCUT2D eigenvalue weighted by atomic mass is 16.6. The van der Waals surface area contributed by atoms with E-state index in [-0.39, 0.29) is 12.1 Å². The summed E-state index contributed by atoms with van der Waals surface area (Å²) < 4.78 is 23.7. The molecule has 0 fully saturated rings. The second kappa shape index (κ2) is 16.9. The molecule has 250 valence electrons. The van der Waals surface area contributed by atoms with Crippen molar-refractivity contribution < 1.29 is 23.7 Å². The third-order valence-electron chi connectivity index (χ3n) is 8.71. The summed E-state index contributed by atoms with van der Waals surface area (Å²) in [5.74, 6) is 0.410. The Kier molecular flexibility index (Phi) is 11.7. The molecule has 0 heterocycles. The summed E-state index contributed by atoms with van der Waals surface area (Å²) in [4.78, 5) is 12.3. The Bertz CT molecular complexity index is 1730. The summed E-state index contributed by atoms with van der Waals surface area (Å²) in [5.41, 5.74) is 10.7. The van der Waals surface area contributed by atoms with Gasteiger partial charge in [0.05, 0.1) is 13.2 Å². The van der Waals surface area contributed by atoms with Crippen molar-refractivity contribution >= 4 is 18.1 Å². The number of rotatable bonds is 15. The number of ether oxygens (including phenoxy) is 4. The number of carbonyl (C=O) groups is 1. The lowest BCUT2D eigenvalue weighted by atomic mass is 9.91. The summed E-state index contributed by atoms with van der Waals surface area (Å²) in [6.07, 6.45) is 5.70. The Morgan fingerprint density at radius 3 is 1.69 bits per heavy atom. The van der Waals surface area contributed by atoms with Crippen molar-refractivity contribution in [3.63, 3.8) is 0 Å². The van der Waals surface area contributed by atoms with E-state index in [1.807, 2.05) is 31.2 Å². The monoisotopic (exact) mass is 652 g/mol. The molecule has 49 heavy (non-hydrogen) atoms. The summed E-state index contributed by atoms with van der Waals surface area (Å²) in [7, 11) is 0. The van der Waals surface area contributed by atoms with Crippen molar-refractivity contribution in [3.8, 4) is 5.75 Å². The van der Waals surface area contributed by atoms with Crippen molar-refractivity contribution in [3.05, 3.63) is 171 Å². The fraction of sp³-hybridized carbons (Fsp3) is 0.250. The average molecular weight is 653 g/mol. The van der Waals surface area contributed by atoms with Gasteiger partial charge < -0.3 is 18.9 Å². The fourth-order valence-corrected chi connectivity index (χ4v) is 6.32. The topological polar surface area (TPSA) is 54.0 Å². The lowest BCUT2D eigenvalue weighted by molar-refractivity contribution is -0.156. The van der Waals surface area contributed by atoms with E-state index in [1.54, 1.807) is 6.92 Å². The quantitative estimate of drug-likeness (QED) is 0.0835. The molecule has 0 saturated carbocycles. The first-order valence-corrected chi connectivity index (χ1v) is 17.2. The van der Waals surface area contributed by atoms with Gasteiger partial charge in [0.25, 0.3) is 0 Å². The van der Waals surface area contributed by atoms with Gasteiger partial charge in [0.1, 0.15) is 18.5 Å². The maximum Gasteiger partial charge on any atom is 0.335 e. The van der Waals surface area contributed by atoms with Gasteiger partial charge in [0.15, 0.2) is 6.10 Å². The van der Waals surface area contributed by atoms with Gasteiger partial charge in [-0.15, -0.1) is 0 Å². The van der Waals surface area contributed by atoms with E-state index < -0.39 is 6.10 Å². The van der Waals surface area contributed by atoms with Crippen LogP contribution in [0.2, 0.25) is 0 Å². The second-order valence-electron chi connectivity index (χ2n) is 12.2. The Morgan fingerprint density at radius 1 is 0.612 bits per heavy atom. The smallest absolute Gasteiger partial charge is 0.335 e. The highest BCUT2D eigenvalue weighted by molar-refractivity contribution is 5.77. The van der Waals surface area contributed by atoms with E-state index in [9.17, 15) is 4.79 Å². The molecule has 5 heteroatoms. The normalized spacial score (nSPS) is 12.9. The molecule has 5 aromatic carbocycles. The molecule has 0 aromatic heterocycles. The second-order valence-corrected chi connectivity index (χ2v) is 12.2. The summed E-state index contributed by atoms with van der Waals surface area (Å²) in [5, 5.41) is 0. The maximum absolute atomic E-state index is 12.3. The van der Waals surface area contributed by atoms with Crippen LogP contribution < -0.4 is 4.74 Å². The van der Waals surface area contributed by atoms with Crippen LogP contribution in [0.3, 0.4) is 0 Å². The van der Waals surface area contributed by atoms with Crippen LogP contribution in [0.1, 0.15) is 70.0 Å². The molecule has 5 nitrogen and oxygen atoms in total. The number of esters is 1. The summed E-state index contributed by atoms with van der Waals surface area (Å²) in [6.45, 7) is 5.25. The van der Waals surface area contributed by atoms with Crippen molar-refractivity contribution in [2.24, 2.45) is 0 Å². The minimum absolute atomic E-state index is 0.254. The van der Waals surface area contributed by atoms with Crippen molar-refractivity contribution in [2.75, 3.05) is 26.4 Å². The van der Waals surface area contributed by atoms with E-state index in [0.29, 0.717) is 32.8 Å². The summed E-state index contributed by atoms with van der Waals surface area (Å²) >= 11 is 0. The van der Waals surface area contributed by atoms with E-state index in [2.05, 4.69) is 109 Å². The minimum Gasteiger partial charge on any atom is -0.491 e. The molecular weight excluding hydrogens is 608 g/mol. The lowest BCUT2D eigenvalue weighted by Gasteiger charge is -2.23. The predicted molar refractivity (Wildman–Crippen MR) is 196 cm³/mol. The fourth-order valence-electron chi connectivity index (χ4n) is 6.32. The van der Waals surface area contributed by atoms with Gasteiger partial charge in [-0.2, -0.15) is 0 Å². The standard InChI is InChI=1S/C44H44O5/c1-3-46-42(44(45)47-4-2)31-34-17-23-39(24-18-34)48-25-26-49-43-40-29-35(27-32-11-7-5-8-12-32)15-19-37(40)21-22-38-20-16-36(30-41(38)43)28-33-13-9-6-10-14-33/h5-24,29-30,42-43H,3-4,25-28,31H2,1-2H3. The van der Waals surface area contributed by atoms with E-state index in [0.717, 1.165) is 46.4 Å². The molecule has 1 atom stereocenters. The number of hydrogen-bond donors (Lipinski definition) is 0. The van der Waals surface area contributed by atoms with Gasteiger partial charge in [-0.25, -0.2) is 4.79 Å². The Hall–Kier alpha value is -4.97. The van der Waals surface area contributed by atoms with Crippen LogP contribution in [0.15, 0.2) is 121 Å². The molecule has 0 N–H and O–H groups in total. The third kappa shape index (κ3) is 9.14. The minimum atomic E-state index is -0.619. The Balaban J connectivity index is 1.19. The predicted octanol–water partition coefficient (Wildman–Crippen LogP) is 9.05. The zero-order valence-electron chi connectivity index (χ0n) is 28.3. The third-order valence-corrected chi connectivity index (χ3v) is 8.71. The molecule has 0 radical (unpaired) electrons. The van der Waals surface area contributed by atoms with Gasteiger partial charge >= 0.3 is 5.97 Å². The molecule has 0 saturated heterocycles. The van der Waals surface area contributed by atoms with Gasteiger partial charge in [0.2, 0.25) is 0 Å². The van der Waals surface area contributed by atoms with Crippen LogP contribution in [0.4, 0.5) is 0 Å². The molecule has 0 amide bonds. The number of carbonyl (C=O) groups excluding carboxylic acids is 1. The van der Waals surface area contributed by atoms with Crippen LogP contribution in [0, 0.1) is 0 Å². The van der Waals surface area contributed by atoms with Crippen molar-refractivity contribution in [1.29, 1.82) is 0 Å². The molecule has 0 bridgehead atoms. The molecule has 0 aliphatic heterocycles. The van der Waals surface area contributed by atoms with E-state index in [4.69, 9.17) is 18.9 Å². The number of hydrogen-bond acceptors (Lipinski definition) is 5. The van der Waals surface area contributed by atoms with Crippen LogP contribution in [0.25, 0.3) is 12.2 Å². The van der Waals surface area contributed by atoms with Crippen LogP contribution >= 0.6 is 0 Å². The van der Waals surface area contributed by atoms with Crippen molar-refractivity contribution in [1.82, 2.24) is 0 Å². The molecule has 6 rings (SSSR count). The van der Waals surface area contributed by atoms with Gasteiger partial charge in [-0.3, -0.25) is 0 Å². The largest absolute Gasteiger partial charge is 0.491 e. The van der Waals surface area contributed by atoms with Gasteiger partial charge in [-0.1, -0.05) is 121 Å². The molecular formula is C44H44O5. The SMILES string of the molecule is CCOC(=O)C(Cc1ccc(OCCOC2c3cc(Cc4ccccc4)ccc3C=Cc3ccc(Cc4ccccc4)cc32)cc1)OCC. The Labute approximate surface area is 290 Å². The molecule has 1 aliphatic carbocycles. The molecule has 5 aromatic rings. The zero-order valence-corrected chi connectivity index (χ0v) is 28.3. The van der Waals surface area contributed by atoms with E-state index in [1.165, 1.54) is 22.3 Å². The number of benzene rings is 5. The molecule has 0 spiro atoms. The summed E-state index contributed by atoms with van der Waals surface area (Å²) in [6, 6.07) is 42.4. The highest BCUT2D eigenvalue weighted by Crippen LogP contribution is 2.37. The van der Waals surface area contributed by atoms with Gasteiger partial charge in [0, 0.05) is 13.0 Å². The molecule has 1 unspecified atom stereocenters. The average Bonchev–Trinajstić information content (AvgIpc) is 3.27. The first kappa shape index (κ1) is 33.9. The van der Waals surface area contributed by atoms with Gasteiger partial charge in [-0.05, 0) is 88.9 Å². The lowest BCUT2D eigenvalue weighted by Crippen LogP contribution is -2.28.